The van der Waals surface area contributed by atoms with Crippen LogP contribution in [0.5, 0.6) is 0 Å². The molecule has 10 nitrogen and oxygen atoms in total. The summed E-state index contributed by atoms with van der Waals surface area (Å²) in [6, 6.07) is 4.66. The van der Waals surface area contributed by atoms with Gasteiger partial charge in [-0.05, 0) is 43.9 Å². The second kappa shape index (κ2) is 11.2. The van der Waals surface area contributed by atoms with Crippen LogP contribution in [0.4, 0.5) is 17.1 Å². The average Bonchev–Trinajstić information content (AvgIpc) is 2.86. The van der Waals surface area contributed by atoms with Crippen molar-refractivity contribution >= 4 is 34.8 Å². The predicted octanol–water partition coefficient (Wildman–Crippen LogP) is 3.35. The number of carbonyl (C=O) groups is 3. The lowest BCUT2D eigenvalue weighted by Crippen LogP contribution is -2.27. The van der Waals surface area contributed by atoms with Gasteiger partial charge in [-0.15, -0.1) is 0 Å². The van der Waals surface area contributed by atoms with Gasteiger partial charge in [0, 0.05) is 35.0 Å². The van der Waals surface area contributed by atoms with E-state index in [1.165, 1.54) is 12.1 Å². The van der Waals surface area contributed by atoms with Crippen molar-refractivity contribution in [2.45, 2.75) is 64.2 Å². The van der Waals surface area contributed by atoms with Crippen LogP contribution in [0.15, 0.2) is 34.0 Å². The number of rotatable bonds is 6. The van der Waals surface area contributed by atoms with Crippen LogP contribution in [0.3, 0.4) is 0 Å². The van der Waals surface area contributed by atoms with Gasteiger partial charge in [0.1, 0.15) is 5.69 Å². The van der Waals surface area contributed by atoms with Crippen LogP contribution >= 0.6 is 0 Å². The molecule has 0 atom stereocenters. The van der Waals surface area contributed by atoms with Crippen molar-refractivity contribution in [2.24, 2.45) is 11.8 Å². The van der Waals surface area contributed by atoms with Gasteiger partial charge < -0.3 is 20.9 Å². The SMILES string of the molecule is O=C(Nc1c[nH]c(=O)[nH]c1=O)c1cc(NC(=O)C2CCCCC2)cc(NC(=O)C2CCCCC2)c1. The molecule has 2 fully saturated rings. The van der Waals surface area contributed by atoms with Gasteiger partial charge in [0.2, 0.25) is 11.8 Å². The molecule has 2 aliphatic rings. The van der Waals surface area contributed by atoms with E-state index in [2.05, 4.69) is 20.9 Å². The molecular weight excluding hydrogens is 450 g/mol. The minimum absolute atomic E-state index is 0.0822. The highest BCUT2D eigenvalue weighted by Crippen LogP contribution is 2.28. The summed E-state index contributed by atoms with van der Waals surface area (Å²) in [5, 5.41) is 8.26. The summed E-state index contributed by atoms with van der Waals surface area (Å²) >= 11 is 0. The Kier molecular flexibility index (Phi) is 7.79. The Hall–Kier alpha value is -3.69. The molecule has 10 heteroatoms. The first-order valence-electron chi connectivity index (χ1n) is 12.3. The smallest absolute Gasteiger partial charge is 0.325 e. The molecule has 4 rings (SSSR count). The van der Waals surface area contributed by atoms with E-state index in [4.69, 9.17) is 0 Å². The third-order valence-corrected chi connectivity index (χ3v) is 6.75. The van der Waals surface area contributed by atoms with Gasteiger partial charge in [-0.1, -0.05) is 38.5 Å². The number of nitrogens with one attached hydrogen (secondary N) is 5. The van der Waals surface area contributed by atoms with E-state index in [0.717, 1.165) is 70.4 Å². The topological polar surface area (TPSA) is 153 Å². The van der Waals surface area contributed by atoms with Crippen molar-refractivity contribution in [3.8, 4) is 0 Å². The molecule has 5 N–H and O–H groups in total. The fourth-order valence-electron chi connectivity index (χ4n) is 4.82. The van der Waals surface area contributed by atoms with Crippen molar-refractivity contribution in [3.05, 3.63) is 50.8 Å². The second-order valence-corrected chi connectivity index (χ2v) is 9.39. The molecule has 2 aromatic rings. The van der Waals surface area contributed by atoms with Crippen LogP contribution in [0.1, 0.15) is 74.6 Å². The van der Waals surface area contributed by atoms with Crippen molar-refractivity contribution in [1.29, 1.82) is 0 Å². The lowest BCUT2D eigenvalue weighted by atomic mass is 9.88. The van der Waals surface area contributed by atoms with E-state index in [-0.39, 0.29) is 34.9 Å². The number of anilines is 3. The molecule has 2 saturated carbocycles. The van der Waals surface area contributed by atoms with E-state index in [0.29, 0.717) is 11.4 Å². The van der Waals surface area contributed by atoms with Crippen LogP contribution in [-0.2, 0) is 9.59 Å². The maximum Gasteiger partial charge on any atom is 0.325 e. The van der Waals surface area contributed by atoms with E-state index in [9.17, 15) is 24.0 Å². The van der Waals surface area contributed by atoms with E-state index in [1.54, 1.807) is 6.07 Å². The molecular formula is C25H31N5O5. The third kappa shape index (κ3) is 6.46. The van der Waals surface area contributed by atoms with Crippen LogP contribution < -0.4 is 27.2 Å². The molecule has 0 bridgehead atoms. The summed E-state index contributed by atoms with van der Waals surface area (Å²) < 4.78 is 0. The summed E-state index contributed by atoms with van der Waals surface area (Å²) in [5.41, 5.74) is -0.622. The quantitative estimate of drug-likeness (QED) is 0.428. The van der Waals surface area contributed by atoms with Crippen molar-refractivity contribution < 1.29 is 14.4 Å². The number of hydrogen-bond acceptors (Lipinski definition) is 5. The molecule has 35 heavy (non-hydrogen) atoms. The molecule has 2 aliphatic carbocycles. The van der Waals surface area contributed by atoms with Gasteiger partial charge in [0.05, 0.1) is 0 Å². The molecule has 3 amide bonds. The van der Waals surface area contributed by atoms with Crippen LogP contribution in [0.2, 0.25) is 0 Å². The molecule has 186 valence electrons. The van der Waals surface area contributed by atoms with Gasteiger partial charge in [-0.2, -0.15) is 0 Å². The Morgan fingerprint density at radius 3 is 1.71 bits per heavy atom. The Morgan fingerprint density at radius 1 is 0.714 bits per heavy atom. The van der Waals surface area contributed by atoms with Crippen molar-refractivity contribution in [1.82, 2.24) is 9.97 Å². The van der Waals surface area contributed by atoms with Crippen molar-refractivity contribution in [2.75, 3.05) is 16.0 Å². The Labute approximate surface area is 202 Å². The second-order valence-electron chi connectivity index (χ2n) is 9.39. The van der Waals surface area contributed by atoms with Gasteiger partial charge in [-0.3, -0.25) is 24.2 Å². The third-order valence-electron chi connectivity index (χ3n) is 6.75. The summed E-state index contributed by atoms with van der Waals surface area (Å²) in [7, 11) is 0. The highest BCUT2D eigenvalue weighted by Gasteiger charge is 2.24. The number of hydrogen-bond donors (Lipinski definition) is 5. The minimum atomic E-state index is -0.741. The summed E-state index contributed by atoms with van der Waals surface area (Å²) in [5.74, 6) is -1.00. The lowest BCUT2D eigenvalue weighted by molar-refractivity contribution is -0.121. The molecule has 0 aliphatic heterocycles. The number of H-pyrrole nitrogens is 2. The first kappa shape index (κ1) is 24.4. The van der Waals surface area contributed by atoms with Gasteiger partial charge in [0.15, 0.2) is 0 Å². The molecule has 0 unspecified atom stereocenters. The van der Waals surface area contributed by atoms with Gasteiger partial charge in [-0.25, -0.2) is 4.79 Å². The standard InChI is InChI=1S/C25H31N5O5/c31-21(15-7-3-1-4-8-15)27-18-11-17(23(33)29-20-14-26-25(35)30-24(20)34)12-19(13-18)28-22(32)16-9-5-2-6-10-16/h11-16H,1-10H2,(H,27,31)(H,28,32)(H,29,33)(H2,26,30,34,35). The summed E-state index contributed by atoms with van der Waals surface area (Å²) in [4.78, 5) is 66.2. The zero-order valence-electron chi connectivity index (χ0n) is 19.6. The van der Waals surface area contributed by atoms with Crippen LogP contribution in [0, 0.1) is 11.8 Å². The minimum Gasteiger partial charge on any atom is -0.326 e. The highest BCUT2D eigenvalue weighted by atomic mass is 16.2. The van der Waals surface area contributed by atoms with Crippen molar-refractivity contribution in [3.63, 3.8) is 0 Å². The molecule has 1 aromatic carbocycles. The molecule has 0 saturated heterocycles. The maximum absolute atomic E-state index is 12.9. The largest absolute Gasteiger partial charge is 0.326 e. The molecule has 1 heterocycles. The van der Waals surface area contributed by atoms with E-state index in [1.807, 2.05) is 4.98 Å². The number of benzene rings is 1. The maximum atomic E-state index is 12.9. The fourth-order valence-corrected chi connectivity index (χ4v) is 4.82. The van der Waals surface area contributed by atoms with Gasteiger partial charge >= 0.3 is 5.69 Å². The van der Waals surface area contributed by atoms with Crippen LogP contribution in [-0.4, -0.2) is 27.7 Å². The van der Waals surface area contributed by atoms with Gasteiger partial charge in [0.25, 0.3) is 11.5 Å². The number of aromatic amines is 2. The van der Waals surface area contributed by atoms with Crippen LogP contribution in [0.25, 0.3) is 0 Å². The summed E-state index contributed by atoms with van der Waals surface area (Å²) in [6.45, 7) is 0. The first-order valence-corrected chi connectivity index (χ1v) is 12.3. The van der Waals surface area contributed by atoms with E-state index < -0.39 is 17.2 Å². The number of carbonyl (C=O) groups excluding carboxylic acids is 3. The zero-order valence-corrected chi connectivity index (χ0v) is 19.6. The molecule has 0 spiro atoms. The normalized spacial score (nSPS) is 16.9. The number of aromatic nitrogens is 2. The molecule has 1 aromatic heterocycles. The Bertz CT molecular complexity index is 1150. The highest BCUT2D eigenvalue weighted by molar-refractivity contribution is 6.07. The predicted molar refractivity (Wildman–Crippen MR) is 132 cm³/mol. The Morgan fingerprint density at radius 2 is 1.23 bits per heavy atom. The fraction of sp³-hybridized carbons (Fsp3) is 0.480. The number of amides is 3. The lowest BCUT2D eigenvalue weighted by Gasteiger charge is -2.22. The monoisotopic (exact) mass is 481 g/mol. The molecule has 0 radical (unpaired) electrons. The van der Waals surface area contributed by atoms with E-state index >= 15 is 0 Å². The average molecular weight is 482 g/mol. The Balaban J connectivity index is 1.57. The zero-order chi connectivity index (χ0) is 24.8. The summed E-state index contributed by atoms with van der Waals surface area (Å²) in [6.07, 6.45) is 10.7. The first-order chi connectivity index (χ1) is 16.9.